The minimum absolute atomic E-state index is 0.300. The summed E-state index contributed by atoms with van der Waals surface area (Å²) in [5.74, 6) is 0.605. The van der Waals surface area contributed by atoms with Gasteiger partial charge in [0.25, 0.3) is 0 Å². The summed E-state index contributed by atoms with van der Waals surface area (Å²) < 4.78 is 13.8. The summed E-state index contributed by atoms with van der Waals surface area (Å²) in [7, 11) is 2.76. The molecule has 0 saturated heterocycles. The van der Waals surface area contributed by atoms with Crippen molar-refractivity contribution < 1.29 is 19.1 Å². The Morgan fingerprint density at radius 1 is 0.696 bits per heavy atom. The van der Waals surface area contributed by atoms with Gasteiger partial charge >= 0.3 is 11.9 Å². The van der Waals surface area contributed by atoms with Crippen molar-refractivity contribution in [1.82, 2.24) is 19.1 Å². The Bertz CT molecular complexity index is 1630. The number of nitrogens with zero attached hydrogens (tertiary/aromatic N) is 4. The molecule has 46 heavy (non-hydrogen) atoms. The Kier molecular flexibility index (Phi) is 9.82. The quantitative estimate of drug-likeness (QED) is 0.201. The van der Waals surface area contributed by atoms with Crippen LogP contribution in [0, 0.1) is 22.7 Å². The van der Waals surface area contributed by atoms with Crippen molar-refractivity contribution >= 4 is 57.2 Å². The van der Waals surface area contributed by atoms with E-state index in [9.17, 15) is 9.59 Å². The summed E-state index contributed by atoms with van der Waals surface area (Å²) in [4.78, 5) is 32.3. The van der Waals surface area contributed by atoms with Crippen LogP contribution in [0.25, 0.3) is 22.1 Å². The molecule has 4 atom stereocenters. The monoisotopic (exact) mass is 668 g/mol. The molecular formula is C36H46Cl2N4O4. The van der Waals surface area contributed by atoms with Gasteiger partial charge in [0.1, 0.15) is 0 Å². The number of imidazole rings is 2. The number of carbonyl (C=O) groups excluding carboxylic acids is 2. The number of aromatic nitrogens is 4. The Labute approximate surface area is 281 Å². The highest BCUT2D eigenvalue weighted by atomic mass is 35.5. The average Bonchev–Trinajstić information content (AvgIpc) is 3.48. The molecule has 0 aliphatic heterocycles. The molecule has 8 nitrogen and oxygen atoms in total. The summed E-state index contributed by atoms with van der Waals surface area (Å²) in [6.07, 6.45) is 6.85. The molecule has 248 valence electrons. The zero-order valence-corrected chi connectivity index (χ0v) is 29.7. The number of carbonyl (C=O) groups is 2. The van der Waals surface area contributed by atoms with Crippen molar-refractivity contribution in [3.63, 3.8) is 0 Å². The molecular weight excluding hydrogens is 623 g/mol. The zero-order chi connectivity index (χ0) is 33.6. The average molecular weight is 670 g/mol. The molecule has 0 N–H and O–H groups in total. The van der Waals surface area contributed by atoms with Crippen LogP contribution in [-0.2, 0) is 9.47 Å². The first-order valence-corrected chi connectivity index (χ1v) is 16.9. The molecule has 2 aromatic heterocycles. The van der Waals surface area contributed by atoms with Crippen molar-refractivity contribution in [3.8, 4) is 0 Å². The van der Waals surface area contributed by atoms with Gasteiger partial charge in [-0.2, -0.15) is 0 Å². The van der Waals surface area contributed by atoms with E-state index in [2.05, 4.69) is 60.6 Å². The summed E-state index contributed by atoms with van der Waals surface area (Å²) >= 11 is 12.9. The van der Waals surface area contributed by atoms with E-state index in [1.54, 1.807) is 24.3 Å². The number of rotatable bonds is 4. The van der Waals surface area contributed by atoms with E-state index in [4.69, 9.17) is 32.7 Å². The van der Waals surface area contributed by atoms with Crippen molar-refractivity contribution in [3.05, 3.63) is 58.1 Å². The third-order valence-corrected chi connectivity index (χ3v) is 10.1. The predicted molar refractivity (Wildman–Crippen MR) is 184 cm³/mol. The SMILES string of the molecule is COC(=O)c1ccc2c(c1)nc(Cl)n2[C@@H]1C[C@H](C)CC(C)(C)C1.COC(=O)c1ccc2c(c1)nc(Cl)n2[C@H]1C[C@@H](C)CC(C)(C)C1. The minimum atomic E-state index is -0.356. The van der Waals surface area contributed by atoms with E-state index in [-0.39, 0.29) is 11.9 Å². The maximum atomic E-state index is 11.7. The number of ether oxygens (including phenoxy) is 2. The van der Waals surface area contributed by atoms with Crippen LogP contribution in [0.15, 0.2) is 36.4 Å². The molecule has 2 fully saturated rings. The van der Waals surface area contributed by atoms with Crippen LogP contribution < -0.4 is 0 Å². The molecule has 2 saturated carbocycles. The highest BCUT2D eigenvalue weighted by Crippen LogP contribution is 2.47. The van der Waals surface area contributed by atoms with Gasteiger partial charge in [-0.3, -0.25) is 0 Å². The van der Waals surface area contributed by atoms with Crippen LogP contribution in [0.3, 0.4) is 0 Å². The Balaban J connectivity index is 0.000000181. The van der Waals surface area contributed by atoms with Gasteiger partial charge in [0.2, 0.25) is 10.6 Å². The van der Waals surface area contributed by atoms with Gasteiger partial charge in [0.15, 0.2) is 0 Å². The third kappa shape index (κ3) is 7.23. The molecule has 0 amide bonds. The van der Waals surface area contributed by atoms with Crippen molar-refractivity contribution in [2.75, 3.05) is 14.2 Å². The Morgan fingerprint density at radius 3 is 1.39 bits per heavy atom. The first-order chi connectivity index (χ1) is 21.6. The number of methoxy groups -OCH3 is 2. The molecule has 0 radical (unpaired) electrons. The summed E-state index contributed by atoms with van der Waals surface area (Å²) in [5.41, 5.74) is 5.05. The number of esters is 2. The van der Waals surface area contributed by atoms with Crippen molar-refractivity contribution in [1.29, 1.82) is 0 Å². The van der Waals surface area contributed by atoms with Crippen LogP contribution in [-0.4, -0.2) is 45.3 Å². The number of benzene rings is 2. The van der Waals surface area contributed by atoms with E-state index in [1.807, 2.05) is 12.1 Å². The van der Waals surface area contributed by atoms with Crippen LogP contribution in [0.1, 0.15) is 113 Å². The summed E-state index contributed by atoms with van der Waals surface area (Å²) in [6, 6.07) is 11.6. The molecule has 2 aliphatic carbocycles. The number of hydrogen-bond donors (Lipinski definition) is 0. The lowest BCUT2D eigenvalue weighted by atomic mass is 9.70. The smallest absolute Gasteiger partial charge is 0.337 e. The zero-order valence-electron chi connectivity index (χ0n) is 28.2. The minimum Gasteiger partial charge on any atom is -0.465 e. The molecule has 0 unspecified atom stereocenters. The second-order valence-corrected chi connectivity index (χ2v) is 15.7. The summed E-state index contributed by atoms with van der Waals surface area (Å²) in [6.45, 7) is 13.9. The van der Waals surface area contributed by atoms with Crippen LogP contribution in [0.2, 0.25) is 10.6 Å². The molecule has 2 aliphatic rings. The highest BCUT2D eigenvalue weighted by molar-refractivity contribution is 6.29. The summed E-state index contributed by atoms with van der Waals surface area (Å²) in [5, 5.41) is 0.994. The van der Waals surface area contributed by atoms with Gasteiger partial charge in [-0.1, -0.05) is 41.5 Å². The largest absolute Gasteiger partial charge is 0.465 e. The Morgan fingerprint density at radius 2 is 1.07 bits per heavy atom. The second kappa shape index (κ2) is 13.2. The van der Waals surface area contributed by atoms with Crippen LogP contribution in [0.4, 0.5) is 0 Å². The van der Waals surface area contributed by atoms with E-state index in [1.165, 1.54) is 27.1 Å². The molecule has 0 spiro atoms. The maximum Gasteiger partial charge on any atom is 0.337 e. The first kappa shape index (κ1) is 34.2. The molecule has 0 bridgehead atoms. The normalized spacial score (nSPS) is 23.9. The lowest BCUT2D eigenvalue weighted by Gasteiger charge is -2.39. The van der Waals surface area contributed by atoms with E-state index < -0.39 is 0 Å². The molecule has 2 aromatic carbocycles. The lowest BCUT2D eigenvalue weighted by Crippen LogP contribution is -2.29. The van der Waals surface area contributed by atoms with Gasteiger partial charge in [-0.15, -0.1) is 0 Å². The lowest BCUT2D eigenvalue weighted by molar-refractivity contribution is 0.0592. The van der Waals surface area contributed by atoms with Crippen molar-refractivity contribution in [2.24, 2.45) is 22.7 Å². The fraction of sp³-hybridized carbons (Fsp3) is 0.556. The van der Waals surface area contributed by atoms with Crippen molar-refractivity contribution in [2.45, 2.75) is 92.2 Å². The van der Waals surface area contributed by atoms with Crippen LogP contribution in [0.5, 0.6) is 0 Å². The van der Waals surface area contributed by atoms with Gasteiger partial charge in [0.05, 0.1) is 47.4 Å². The molecule has 6 rings (SSSR count). The first-order valence-electron chi connectivity index (χ1n) is 16.1. The van der Waals surface area contributed by atoms with Gasteiger partial charge in [0, 0.05) is 12.1 Å². The van der Waals surface area contributed by atoms with Crippen LogP contribution >= 0.6 is 23.2 Å². The second-order valence-electron chi connectivity index (χ2n) is 15.0. The van der Waals surface area contributed by atoms with E-state index in [0.29, 0.717) is 56.4 Å². The van der Waals surface area contributed by atoms with E-state index >= 15 is 0 Å². The fourth-order valence-electron chi connectivity index (χ4n) is 8.31. The maximum absolute atomic E-state index is 11.7. The Hall–Kier alpha value is -3.10. The van der Waals surface area contributed by atoms with Gasteiger partial charge in [-0.25, -0.2) is 19.6 Å². The van der Waals surface area contributed by atoms with Gasteiger partial charge in [-0.05, 0) is 121 Å². The predicted octanol–water partition coefficient (Wildman–Crippen LogP) is 9.73. The third-order valence-electron chi connectivity index (χ3n) is 9.59. The molecule has 10 heteroatoms. The standard InChI is InChI=1S/2C18H23ClN2O2/c2*1-11-7-13(10-18(2,3)9-11)21-15-6-5-12(16(22)23-4)8-14(15)20-17(21)19/h2*5-6,8,11,13H,7,9-10H2,1-4H3/t2*11-,13+/m10/s1. The number of halogens is 2. The van der Waals surface area contributed by atoms with Gasteiger partial charge < -0.3 is 18.6 Å². The number of hydrogen-bond acceptors (Lipinski definition) is 6. The number of fused-ring (bicyclic) bond motifs is 2. The fourth-order valence-corrected chi connectivity index (χ4v) is 8.95. The molecule has 4 aromatic rings. The van der Waals surface area contributed by atoms with E-state index in [0.717, 1.165) is 47.8 Å². The highest BCUT2D eigenvalue weighted by Gasteiger charge is 2.35. The topological polar surface area (TPSA) is 88.2 Å². The molecule has 2 heterocycles.